The lowest BCUT2D eigenvalue weighted by Crippen LogP contribution is -2.02. The first-order chi connectivity index (χ1) is 4.33. The van der Waals surface area contributed by atoms with Crippen LogP contribution >= 0.6 is 11.3 Å². The molecule has 1 radical (unpaired) electrons. The van der Waals surface area contributed by atoms with Crippen molar-refractivity contribution < 1.29 is 0 Å². The molecular weight excluding hydrogens is 132 g/mol. The van der Waals surface area contributed by atoms with Crippen LogP contribution in [0.4, 0.5) is 0 Å². The lowest BCUT2D eigenvalue weighted by Gasteiger charge is -1.86. The van der Waals surface area contributed by atoms with E-state index in [1.54, 1.807) is 11.3 Å². The van der Waals surface area contributed by atoms with E-state index in [0.717, 1.165) is 17.1 Å². The maximum absolute atomic E-state index is 5.31. The summed E-state index contributed by atoms with van der Waals surface area (Å²) in [6.07, 6.45) is 0.867. The smallest absolute Gasteiger partial charge is 0.0932 e. The van der Waals surface area contributed by atoms with Gasteiger partial charge in [-0.1, -0.05) is 0 Å². The highest BCUT2D eigenvalue weighted by Crippen LogP contribution is 2.07. The number of nitrogens with two attached hydrogens (primary N) is 1. The zero-order chi connectivity index (χ0) is 6.69. The van der Waals surface area contributed by atoms with E-state index in [1.165, 1.54) is 0 Å². The SMILES string of the molecule is [CH2]c1nc(CCN)cs1. The van der Waals surface area contributed by atoms with Gasteiger partial charge in [0.15, 0.2) is 0 Å². The van der Waals surface area contributed by atoms with Crippen LogP contribution < -0.4 is 5.73 Å². The van der Waals surface area contributed by atoms with Crippen LogP contribution in [0.15, 0.2) is 5.38 Å². The van der Waals surface area contributed by atoms with Gasteiger partial charge in [0.2, 0.25) is 0 Å². The molecule has 9 heavy (non-hydrogen) atoms. The van der Waals surface area contributed by atoms with Gasteiger partial charge in [-0.15, -0.1) is 11.3 Å². The van der Waals surface area contributed by atoms with Gasteiger partial charge in [-0.05, 0) is 6.54 Å². The number of hydrogen-bond acceptors (Lipinski definition) is 3. The van der Waals surface area contributed by atoms with Crippen molar-refractivity contribution >= 4 is 11.3 Å². The molecule has 0 aliphatic carbocycles. The summed E-state index contributed by atoms with van der Waals surface area (Å²) in [6.45, 7) is 4.36. The van der Waals surface area contributed by atoms with Crippen molar-refractivity contribution in [3.8, 4) is 0 Å². The molecular formula is C6H9N2S. The summed E-state index contributed by atoms with van der Waals surface area (Å²) in [5.74, 6) is 0. The van der Waals surface area contributed by atoms with Gasteiger partial charge < -0.3 is 5.73 Å². The molecule has 0 aliphatic heterocycles. The highest BCUT2D eigenvalue weighted by Gasteiger charge is 1.94. The molecule has 2 nitrogen and oxygen atoms in total. The van der Waals surface area contributed by atoms with Crippen LogP contribution in [-0.4, -0.2) is 11.5 Å². The minimum Gasteiger partial charge on any atom is -0.330 e. The summed E-state index contributed by atoms with van der Waals surface area (Å²) >= 11 is 1.57. The molecule has 0 saturated heterocycles. The maximum Gasteiger partial charge on any atom is 0.0932 e. The molecule has 1 aromatic rings. The van der Waals surface area contributed by atoms with E-state index in [-0.39, 0.29) is 0 Å². The topological polar surface area (TPSA) is 38.9 Å². The van der Waals surface area contributed by atoms with Crippen molar-refractivity contribution in [2.75, 3.05) is 6.54 Å². The molecule has 0 atom stereocenters. The van der Waals surface area contributed by atoms with Crippen molar-refractivity contribution in [1.29, 1.82) is 0 Å². The van der Waals surface area contributed by atoms with E-state index in [9.17, 15) is 0 Å². The first-order valence-electron chi connectivity index (χ1n) is 2.79. The molecule has 0 unspecified atom stereocenters. The molecule has 0 fully saturated rings. The molecule has 0 spiro atoms. The van der Waals surface area contributed by atoms with E-state index in [0.29, 0.717) is 6.54 Å². The summed E-state index contributed by atoms with van der Waals surface area (Å²) < 4.78 is 0. The van der Waals surface area contributed by atoms with Crippen LogP contribution in [0.2, 0.25) is 0 Å². The summed E-state index contributed by atoms with van der Waals surface area (Å²) in [6, 6.07) is 0. The van der Waals surface area contributed by atoms with Crippen LogP contribution in [0.1, 0.15) is 10.7 Å². The van der Waals surface area contributed by atoms with Gasteiger partial charge in [-0.2, -0.15) is 0 Å². The Morgan fingerprint density at radius 2 is 2.56 bits per heavy atom. The largest absolute Gasteiger partial charge is 0.330 e. The van der Waals surface area contributed by atoms with Crippen LogP contribution in [0.25, 0.3) is 0 Å². The molecule has 0 bridgehead atoms. The van der Waals surface area contributed by atoms with Crippen LogP contribution in [0.5, 0.6) is 0 Å². The first-order valence-corrected chi connectivity index (χ1v) is 3.67. The van der Waals surface area contributed by atoms with Crippen molar-refractivity contribution in [2.24, 2.45) is 5.73 Å². The molecule has 0 aromatic carbocycles. The van der Waals surface area contributed by atoms with Crippen molar-refractivity contribution in [2.45, 2.75) is 6.42 Å². The first kappa shape index (κ1) is 6.71. The van der Waals surface area contributed by atoms with Crippen molar-refractivity contribution in [3.63, 3.8) is 0 Å². The molecule has 0 aliphatic rings. The minimum atomic E-state index is 0.670. The Labute approximate surface area is 58.7 Å². The predicted molar refractivity (Wildman–Crippen MR) is 39.3 cm³/mol. The Morgan fingerprint density at radius 1 is 1.78 bits per heavy atom. The summed E-state index contributed by atoms with van der Waals surface area (Å²) in [7, 11) is 0. The van der Waals surface area contributed by atoms with Gasteiger partial charge in [0.1, 0.15) is 0 Å². The summed E-state index contributed by atoms with van der Waals surface area (Å²) in [5.41, 5.74) is 6.38. The monoisotopic (exact) mass is 141 g/mol. The van der Waals surface area contributed by atoms with Gasteiger partial charge in [0.25, 0.3) is 0 Å². The van der Waals surface area contributed by atoms with Crippen LogP contribution in [-0.2, 0) is 6.42 Å². The third-order valence-electron chi connectivity index (χ3n) is 1.000. The fraction of sp³-hybridized carbons (Fsp3) is 0.333. The number of aromatic nitrogens is 1. The van der Waals surface area contributed by atoms with E-state index in [1.807, 2.05) is 5.38 Å². The zero-order valence-electron chi connectivity index (χ0n) is 5.13. The summed E-state index contributed by atoms with van der Waals surface area (Å²) in [4.78, 5) is 4.13. The van der Waals surface area contributed by atoms with E-state index in [4.69, 9.17) is 5.73 Å². The number of hydrogen-bond donors (Lipinski definition) is 1. The molecule has 0 amide bonds. The number of nitrogens with zero attached hydrogens (tertiary/aromatic N) is 1. The molecule has 3 heteroatoms. The second-order valence-corrected chi connectivity index (χ2v) is 2.71. The fourth-order valence-corrected chi connectivity index (χ4v) is 1.22. The van der Waals surface area contributed by atoms with E-state index < -0.39 is 0 Å². The molecule has 2 N–H and O–H groups in total. The number of thiazole rings is 1. The average molecular weight is 141 g/mol. The maximum atomic E-state index is 5.31. The van der Waals surface area contributed by atoms with Crippen LogP contribution in [0, 0.1) is 6.92 Å². The normalized spacial score (nSPS) is 10.0. The third kappa shape index (κ3) is 1.77. The molecule has 49 valence electrons. The lowest BCUT2D eigenvalue weighted by atomic mass is 10.3. The van der Waals surface area contributed by atoms with E-state index in [2.05, 4.69) is 11.9 Å². The quantitative estimate of drug-likeness (QED) is 0.662. The Morgan fingerprint density at radius 3 is 3.00 bits per heavy atom. The van der Waals surface area contributed by atoms with Gasteiger partial charge >= 0.3 is 0 Å². The Balaban J connectivity index is 2.61. The number of rotatable bonds is 2. The molecule has 1 rings (SSSR count). The second-order valence-electron chi connectivity index (χ2n) is 1.77. The third-order valence-corrected chi connectivity index (χ3v) is 1.75. The Hall–Kier alpha value is -0.410. The average Bonchev–Trinajstić information content (AvgIpc) is 2.17. The Bertz CT molecular complexity index is 183. The highest BCUT2D eigenvalue weighted by molar-refractivity contribution is 7.09. The van der Waals surface area contributed by atoms with Crippen molar-refractivity contribution in [3.05, 3.63) is 23.0 Å². The van der Waals surface area contributed by atoms with E-state index >= 15 is 0 Å². The van der Waals surface area contributed by atoms with Gasteiger partial charge in [0, 0.05) is 18.7 Å². The van der Waals surface area contributed by atoms with Gasteiger partial charge in [-0.3, -0.25) is 0 Å². The van der Waals surface area contributed by atoms with Crippen LogP contribution in [0.3, 0.4) is 0 Å². The lowest BCUT2D eigenvalue weighted by molar-refractivity contribution is 0.932. The summed E-state index contributed by atoms with van der Waals surface area (Å²) in [5, 5.41) is 2.87. The standard InChI is InChI=1S/C6H9N2S/c1-5-8-6(2-3-7)4-9-5/h4H,1-3,7H2. The fourth-order valence-electron chi connectivity index (χ4n) is 0.612. The van der Waals surface area contributed by atoms with Gasteiger partial charge in [0.05, 0.1) is 10.7 Å². The van der Waals surface area contributed by atoms with Gasteiger partial charge in [-0.25, -0.2) is 4.98 Å². The van der Waals surface area contributed by atoms with Crippen molar-refractivity contribution in [1.82, 2.24) is 4.98 Å². The minimum absolute atomic E-state index is 0.670. The highest BCUT2D eigenvalue weighted by atomic mass is 32.1. The molecule has 0 saturated carbocycles. The zero-order valence-corrected chi connectivity index (χ0v) is 5.95. The molecule has 1 aromatic heterocycles. The Kier molecular flexibility index (Phi) is 2.19. The molecule has 1 heterocycles. The predicted octanol–water partition coefficient (Wildman–Crippen LogP) is 0.826. The second kappa shape index (κ2) is 2.94.